The fourth-order valence-electron chi connectivity index (χ4n) is 1.43. The molecule has 0 heterocycles. The number of thioether (sulfide) groups is 1. The highest BCUT2D eigenvalue weighted by atomic mass is 32.2. The number of hydrogen-bond donors (Lipinski definition) is 1. The summed E-state index contributed by atoms with van der Waals surface area (Å²) < 4.78 is 30.9. The minimum Gasteiger partial charge on any atom is -0.383 e. The molecule has 0 aliphatic carbocycles. The fourth-order valence-corrected chi connectivity index (χ4v) is 2.36. The van der Waals surface area contributed by atoms with Gasteiger partial charge in [0.2, 0.25) is 0 Å². The van der Waals surface area contributed by atoms with Gasteiger partial charge in [-0.3, -0.25) is 0 Å². The smallest absolute Gasteiger partial charge is 0.139 e. The second-order valence-corrected chi connectivity index (χ2v) is 5.01. The molecule has 0 aliphatic heterocycles. The Kier molecular flexibility index (Phi) is 7.96. The molecule has 0 radical (unpaired) electrons. The molecule has 18 heavy (non-hydrogen) atoms. The number of nitrogens with one attached hydrogen (secondary N) is 1. The summed E-state index contributed by atoms with van der Waals surface area (Å²) in [4.78, 5) is 0.517. The summed E-state index contributed by atoms with van der Waals surface area (Å²) in [5, 5.41) is 3.25. The van der Waals surface area contributed by atoms with Crippen molar-refractivity contribution < 1.29 is 13.5 Å². The van der Waals surface area contributed by atoms with Crippen molar-refractivity contribution >= 4 is 11.8 Å². The van der Waals surface area contributed by atoms with E-state index in [0.717, 1.165) is 44.4 Å². The Morgan fingerprint density at radius 2 is 2.06 bits per heavy atom. The third-order valence-corrected chi connectivity index (χ3v) is 3.52. The van der Waals surface area contributed by atoms with E-state index in [1.165, 1.54) is 23.9 Å². The molecule has 5 heteroatoms. The zero-order valence-electron chi connectivity index (χ0n) is 10.5. The number of halogens is 2. The zero-order valence-corrected chi connectivity index (χ0v) is 11.4. The zero-order chi connectivity index (χ0) is 13.2. The summed E-state index contributed by atoms with van der Waals surface area (Å²) >= 11 is 1.43. The van der Waals surface area contributed by atoms with Crippen molar-refractivity contribution in [3.05, 3.63) is 29.8 Å². The van der Waals surface area contributed by atoms with Gasteiger partial charge in [-0.2, -0.15) is 0 Å². The summed E-state index contributed by atoms with van der Waals surface area (Å²) in [6.45, 7) is 2.52. The summed E-state index contributed by atoms with van der Waals surface area (Å²) in [5.74, 6) is -0.161. The van der Waals surface area contributed by atoms with E-state index in [1.807, 2.05) is 0 Å². The van der Waals surface area contributed by atoms with Crippen molar-refractivity contribution in [1.29, 1.82) is 0 Å². The summed E-state index contributed by atoms with van der Waals surface area (Å²) in [6, 6.07) is 3.71. The molecule has 0 spiro atoms. The lowest BCUT2D eigenvalue weighted by Gasteiger charge is -2.05. The van der Waals surface area contributed by atoms with Crippen LogP contribution in [-0.2, 0) is 4.74 Å². The number of rotatable bonds is 9. The van der Waals surface area contributed by atoms with Crippen LogP contribution >= 0.6 is 11.8 Å². The normalized spacial score (nSPS) is 10.8. The topological polar surface area (TPSA) is 21.3 Å². The van der Waals surface area contributed by atoms with Crippen LogP contribution in [-0.4, -0.2) is 32.6 Å². The van der Waals surface area contributed by atoms with Gasteiger partial charge in [0.25, 0.3) is 0 Å². The van der Waals surface area contributed by atoms with Gasteiger partial charge < -0.3 is 10.1 Å². The van der Waals surface area contributed by atoms with E-state index in [1.54, 1.807) is 7.11 Å². The number of ether oxygens (including phenoxy) is 1. The Bertz CT molecular complexity index is 350. The van der Waals surface area contributed by atoms with Crippen molar-refractivity contribution in [2.24, 2.45) is 0 Å². The molecule has 0 bridgehead atoms. The average Bonchev–Trinajstić information content (AvgIpc) is 2.35. The lowest BCUT2D eigenvalue weighted by atomic mass is 10.3. The maximum Gasteiger partial charge on any atom is 0.139 e. The highest BCUT2D eigenvalue weighted by molar-refractivity contribution is 7.99. The fraction of sp³-hybridized carbons (Fsp3) is 0.538. The van der Waals surface area contributed by atoms with Crippen LogP contribution < -0.4 is 5.32 Å². The van der Waals surface area contributed by atoms with Crippen LogP contribution in [0.2, 0.25) is 0 Å². The molecule has 0 saturated carbocycles. The summed E-state index contributed by atoms with van der Waals surface area (Å²) in [7, 11) is 1.68. The Balaban J connectivity index is 2.07. The first-order valence-corrected chi connectivity index (χ1v) is 7.00. The Hall–Kier alpha value is -0.650. The minimum absolute atomic E-state index is 0.474. The number of hydrogen-bond acceptors (Lipinski definition) is 3. The van der Waals surface area contributed by atoms with Crippen LogP contribution in [0, 0.1) is 11.6 Å². The van der Waals surface area contributed by atoms with E-state index in [2.05, 4.69) is 5.32 Å². The van der Waals surface area contributed by atoms with E-state index in [9.17, 15) is 8.78 Å². The molecule has 0 aliphatic rings. The minimum atomic E-state index is -0.529. The number of unbranched alkanes of at least 4 members (excludes halogenated alkanes) is 1. The molecule has 1 aromatic carbocycles. The molecule has 0 fully saturated rings. The van der Waals surface area contributed by atoms with Crippen LogP contribution in [0.4, 0.5) is 8.78 Å². The second-order valence-electron chi connectivity index (χ2n) is 3.87. The molecule has 1 rings (SSSR count). The van der Waals surface area contributed by atoms with E-state index in [-0.39, 0.29) is 0 Å². The molecule has 1 aromatic rings. The van der Waals surface area contributed by atoms with Gasteiger partial charge in [0, 0.05) is 24.6 Å². The first-order chi connectivity index (χ1) is 8.74. The predicted molar refractivity (Wildman–Crippen MR) is 71.1 cm³/mol. The lowest BCUT2D eigenvalue weighted by Crippen LogP contribution is -2.20. The maximum atomic E-state index is 13.3. The van der Waals surface area contributed by atoms with E-state index >= 15 is 0 Å². The first kappa shape index (κ1) is 15.4. The highest BCUT2D eigenvalue weighted by Crippen LogP contribution is 2.23. The van der Waals surface area contributed by atoms with Gasteiger partial charge in [-0.15, -0.1) is 11.8 Å². The molecule has 102 valence electrons. The maximum absolute atomic E-state index is 13.3. The third-order valence-electron chi connectivity index (χ3n) is 2.38. The van der Waals surface area contributed by atoms with Crippen molar-refractivity contribution in [2.45, 2.75) is 17.7 Å². The molecular weight excluding hydrogens is 256 g/mol. The summed E-state index contributed by atoms with van der Waals surface area (Å²) in [5.41, 5.74) is 0. The van der Waals surface area contributed by atoms with Gasteiger partial charge in [-0.05, 0) is 37.3 Å². The molecule has 0 unspecified atom stereocenters. The van der Waals surface area contributed by atoms with Crippen LogP contribution in [0.3, 0.4) is 0 Å². The van der Waals surface area contributed by atoms with E-state index in [0.29, 0.717) is 4.90 Å². The molecule has 2 nitrogen and oxygen atoms in total. The molecule has 0 saturated heterocycles. The van der Waals surface area contributed by atoms with Crippen molar-refractivity contribution in [3.63, 3.8) is 0 Å². The summed E-state index contributed by atoms with van der Waals surface area (Å²) in [6.07, 6.45) is 2.04. The largest absolute Gasteiger partial charge is 0.383 e. The Labute approximate surface area is 111 Å². The van der Waals surface area contributed by atoms with Crippen molar-refractivity contribution in [3.8, 4) is 0 Å². The average molecular weight is 275 g/mol. The third kappa shape index (κ3) is 6.33. The molecule has 1 N–H and O–H groups in total. The quantitative estimate of drug-likeness (QED) is 0.553. The monoisotopic (exact) mass is 275 g/mol. The first-order valence-electron chi connectivity index (χ1n) is 6.01. The second kappa shape index (κ2) is 9.30. The van der Waals surface area contributed by atoms with Gasteiger partial charge in [0.15, 0.2) is 0 Å². The van der Waals surface area contributed by atoms with Crippen LogP contribution in [0.5, 0.6) is 0 Å². The SMILES string of the molecule is COCCNCCCCSc1ccc(F)cc1F. The number of methoxy groups -OCH3 is 1. The Morgan fingerprint density at radius 1 is 1.22 bits per heavy atom. The van der Waals surface area contributed by atoms with Crippen molar-refractivity contribution in [2.75, 3.05) is 32.6 Å². The highest BCUT2D eigenvalue weighted by Gasteiger charge is 2.03. The van der Waals surface area contributed by atoms with Gasteiger partial charge in [0.05, 0.1) is 6.61 Å². The standard InChI is InChI=1S/C13H19F2NOS/c1-17-8-7-16-6-2-3-9-18-13-5-4-11(14)10-12(13)15/h4-5,10,16H,2-3,6-9H2,1H3. The van der Waals surface area contributed by atoms with Crippen LogP contribution in [0.25, 0.3) is 0 Å². The van der Waals surface area contributed by atoms with Crippen molar-refractivity contribution in [1.82, 2.24) is 5.32 Å². The molecular formula is C13H19F2NOS. The van der Waals surface area contributed by atoms with E-state index in [4.69, 9.17) is 4.74 Å². The molecule has 0 amide bonds. The van der Waals surface area contributed by atoms with Gasteiger partial charge in [0.1, 0.15) is 11.6 Å². The number of benzene rings is 1. The van der Waals surface area contributed by atoms with Gasteiger partial charge >= 0.3 is 0 Å². The van der Waals surface area contributed by atoms with E-state index < -0.39 is 11.6 Å². The molecule has 0 atom stereocenters. The Morgan fingerprint density at radius 3 is 2.78 bits per heavy atom. The predicted octanol–water partition coefficient (Wildman–Crippen LogP) is 3.07. The molecule has 0 aromatic heterocycles. The van der Waals surface area contributed by atoms with Gasteiger partial charge in [-0.25, -0.2) is 8.78 Å². The van der Waals surface area contributed by atoms with Crippen LogP contribution in [0.15, 0.2) is 23.1 Å². The van der Waals surface area contributed by atoms with Gasteiger partial charge in [-0.1, -0.05) is 0 Å². The van der Waals surface area contributed by atoms with Crippen LogP contribution in [0.1, 0.15) is 12.8 Å². The lowest BCUT2D eigenvalue weighted by molar-refractivity contribution is 0.199.